The number of sulfonamides is 1. The summed E-state index contributed by atoms with van der Waals surface area (Å²) in [6, 6.07) is 0. The number of halogens is 1. The monoisotopic (exact) mass is 352 g/mol. The molecule has 22 heavy (non-hydrogen) atoms. The van der Waals surface area contributed by atoms with Gasteiger partial charge in [-0.05, 0) is 25.2 Å². The molecule has 0 saturated carbocycles. The maximum atomic E-state index is 12.4. The molecule has 1 rings (SSSR count). The molecule has 0 saturated heterocycles. The Morgan fingerprint density at radius 1 is 1.32 bits per heavy atom. The minimum absolute atomic E-state index is 0. The number of nitrogens with zero attached hydrogens (tertiary/aromatic N) is 2. The van der Waals surface area contributed by atoms with Gasteiger partial charge in [0, 0.05) is 24.8 Å². The Labute approximate surface area is 140 Å². The van der Waals surface area contributed by atoms with Crippen LogP contribution in [0.15, 0.2) is 17.6 Å². The van der Waals surface area contributed by atoms with Crippen LogP contribution in [0.5, 0.6) is 0 Å². The lowest BCUT2D eigenvalue weighted by atomic mass is 9.92. The highest BCUT2D eigenvalue weighted by Crippen LogP contribution is 2.19. The van der Waals surface area contributed by atoms with Crippen LogP contribution in [0.2, 0.25) is 0 Å². The van der Waals surface area contributed by atoms with Crippen molar-refractivity contribution in [2.75, 3.05) is 6.54 Å². The number of imidazole rings is 1. The van der Waals surface area contributed by atoms with Gasteiger partial charge < -0.3 is 10.3 Å². The predicted octanol–water partition coefficient (Wildman–Crippen LogP) is 2.00. The van der Waals surface area contributed by atoms with Gasteiger partial charge in [-0.15, -0.1) is 12.4 Å². The molecule has 0 aliphatic heterocycles. The third-order valence-electron chi connectivity index (χ3n) is 3.15. The fourth-order valence-corrected chi connectivity index (χ4v) is 3.82. The number of nitrogens with one attached hydrogen (secondary N) is 1. The lowest BCUT2D eigenvalue weighted by molar-refractivity contribution is 0.344. The van der Waals surface area contributed by atoms with Crippen molar-refractivity contribution in [2.45, 2.75) is 58.1 Å². The summed E-state index contributed by atoms with van der Waals surface area (Å²) in [5, 5.41) is 0.0478. The van der Waals surface area contributed by atoms with E-state index in [1.807, 2.05) is 20.8 Å². The van der Waals surface area contributed by atoms with Crippen LogP contribution < -0.4 is 10.5 Å². The molecule has 0 aromatic carbocycles. The highest BCUT2D eigenvalue weighted by atomic mass is 35.5. The van der Waals surface area contributed by atoms with Gasteiger partial charge in [0.2, 0.25) is 0 Å². The first-order valence-electron chi connectivity index (χ1n) is 7.34. The molecule has 6 nitrogen and oxygen atoms in total. The van der Waals surface area contributed by atoms with Crippen LogP contribution in [0, 0.1) is 11.8 Å². The molecule has 0 amide bonds. The third kappa shape index (κ3) is 6.24. The normalized spacial score (nSPS) is 14.9. The van der Waals surface area contributed by atoms with Gasteiger partial charge in [0.15, 0.2) is 5.03 Å². The van der Waals surface area contributed by atoms with Crippen molar-refractivity contribution in [3.05, 3.63) is 12.5 Å². The van der Waals surface area contributed by atoms with Gasteiger partial charge in [0.05, 0.1) is 6.33 Å². The van der Waals surface area contributed by atoms with Gasteiger partial charge in [-0.1, -0.05) is 27.7 Å². The zero-order chi connectivity index (χ0) is 16.3. The average molecular weight is 353 g/mol. The molecule has 1 aromatic heterocycles. The van der Waals surface area contributed by atoms with Crippen LogP contribution in [0.3, 0.4) is 0 Å². The first-order chi connectivity index (χ1) is 9.58. The van der Waals surface area contributed by atoms with E-state index in [1.54, 1.807) is 17.1 Å². The van der Waals surface area contributed by atoms with Crippen molar-refractivity contribution in [1.82, 2.24) is 14.3 Å². The number of nitrogens with two attached hydrogens (primary N) is 1. The van der Waals surface area contributed by atoms with Crippen LogP contribution >= 0.6 is 12.4 Å². The molecule has 0 fully saturated rings. The molecule has 3 N–H and O–H groups in total. The summed E-state index contributed by atoms with van der Waals surface area (Å²) >= 11 is 0. The second kappa shape index (κ2) is 8.29. The van der Waals surface area contributed by atoms with E-state index in [0.717, 1.165) is 6.54 Å². The van der Waals surface area contributed by atoms with E-state index < -0.39 is 15.6 Å². The minimum atomic E-state index is -3.65. The van der Waals surface area contributed by atoms with Crippen LogP contribution in [-0.4, -0.2) is 30.1 Å². The second-order valence-electron chi connectivity index (χ2n) is 6.77. The standard InChI is InChI=1S/C14H28N4O2S.ClH/c1-11(2)6-14(5,9-15)17-21(19,20)13-8-18(10-16-13)7-12(3)4;/h8,10-12,17H,6-7,9,15H2,1-5H3;1H. The van der Waals surface area contributed by atoms with Gasteiger partial charge in [0.1, 0.15) is 0 Å². The Hall–Kier alpha value is -0.630. The number of hydrogen-bond donors (Lipinski definition) is 2. The molecule has 1 aromatic rings. The lowest BCUT2D eigenvalue weighted by Gasteiger charge is -2.30. The fraction of sp³-hybridized carbons (Fsp3) is 0.786. The highest BCUT2D eigenvalue weighted by Gasteiger charge is 2.31. The summed E-state index contributed by atoms with van der Waals surface area (Å²) in [5.41, 5.74) is 5.10. The maximum absolute atomic E-state index is 12.4. The maximum Gasteiger partial charge on any atom is 0.260 e. The quantitative estimate of drug-likeness (QED) is 0.748. The molecule has 0 spiro atoms. The van der Waals surface area contributed by atoms with Crippen molar-refractivity contribution in [2.24, 2.45) is 17.6 Å². The molecule has 130 valence electrons. The summed E-state index contributed by atoms with van der Waals surface area (Å²) < 4.78 is 29.4. The van der Waals surface area contributed by atoms with Gasteiger partial charge in [-0.25, -0.2) is 18.1 Å². The van der Waals surface area contributed by atoms with Gasteiger partial charge in [0.25, 0.3) is 10.0 Å². The summed E-state index contributed by atoms with van der Waals surface area (Å²) in [4.78, 5) is 4.01. The fourth-order valence-electron chi connectivity index (χ4n) is 2.44. The van der Waals surface area contributed by atoms with Crippen LogP contribution in [0.4, 0.5) is 0 Å². The molecule has 1 heterocycles. The Balaban J connectivity index is 0.00000441. The lowest BCUT2D eigenvalue weighted by Crippen LogP contribution is -2.52. The van der Waals surface area contributed by atoms with Gasteiger partial charge >= 0.3 is 0 Å². The third-order valence-corrected chi connectivity index (χ3v) is 4.67. The Morgan fingerprint density at radius 3 is 2.36 bits per heavy atom. The van der Waals surface area contributed by atoms with E-state index in [9.17, 15) is 8.42 Å². The number of rotatable bonds is 8. The number of aromatic nitrogens is 2. The molecule has 0 bridgehead atoms. The first kappa shape index (κ1) is 21.4. The summed E-state index contributed by atoms with van der Waals surface area (Å²) in [6.07, 6.45) is 3.79. The zero-order valence-corrected chi connectivity index (χ0v) is 15.7. The Morgan fingerprint density at radius 2 is 1.91 bits per heavy atom. The van der Waals surface area contributed by atoms with E-state index >= 15 is 0 Å². The summed E-state index contributed by atoms with van der Waals surface area (Å²) in [6.45, 7) is 11.0. The van der Waals surface area contributed by atoms with Crippen LogP contribution in [0.1, 0.15) is 41.0 Å². The molecule has 8 heteroatoms. The average Bonchev–Trinajstić information content (AvgIpc) is 2.75. The van der Waals surface area contributed by atoms with E-state index in [2.05, 4.69) is 23.6 Å². The van der Waals surface area contributed by atoms with E-state index in [1.165, 1.54) is 0 Å². The van der Waals surface area contributed by atoms with E-state index in [4.69, 9.17) is 5.73 Å². The van der Waals surface area contributed by atoms with Crippen molar-refractivity contribution >= 4 is 22.4 Å². The second-order valence-corrected chi connectivity index (χ2v) is 8.40. The number of hydrogen-bond acceptors (Lipinski definition) is 4. The summed E-state index contributed by atoms with van der Waals surface area (Å²) in [7, 11) is -3.65. The zero-order valence-electron chi connectivity index (χ0n) is 14.0. The van der Waals surface area contributed by atoms with Crippen molar-refractivity contribution in [3.63, 3.8) is 0 Å². The Kier molecular flexibility index (Phi) is 8.05. The molecule has 1 unspecified atom stereocenters. The molecule has 0 aliphatic carbocycles. The molecule has 0 aliphatic rings. The van der Waals surface area contributed by atoms with Crippen molar-refractivity contribution in [1.29, 1.82) is 0 Å². The van der Waals surface area contributed by atoms with Crippen LogP contribution in [-0.2, 0) is 16.6 Å². The van der Waals surface area contributed by atoms with Gasteiger partial charge in [-0.2, -0.15) is 0 Å². The topological polar surface area (TPSA) is 90.0 Å². The van der Waals surface area contributed by atoms with E-state index in [-0.39, 0.29) is 24.0 Å². The first-order valence-corrected chi connectivity index (χ1v) is 8.82. The van der Waals surface area contributed by atoms with Crippen LogP contribution in [0.25, 0.3) is 0 Å². The SMILES string of the molecule is CC(C)Cn1cnc(S(=O)(=O)NC(C)(CN)CC(C)C)c1.Cl. The molecule has 1 atom stereocenters. The highest BCUT2D eigenvalue weighted by molar-refractivity contribution is 7.89. The smallest absolute Gasteiger partial charge is 0.260 e. The molecule has 0 radical (unpaired) electrons. The van der Waals surface area contributed by atoms with Crippen molar-refractivity contribution < 1.29 is 8.42 Å². The minimum Gasteiger partial charge on any atom is -0.336 e. The van der Waals surface area contributed by atoms with E-state index in [0.29, 0.717) is 18.3 Å². The summed E-state index contributed by atoms with van der Waals surface area (Å²) in [5.74, 6) is 0.776. The largest absolute Gasteiger partial charge is 0.336 e. The van der Waals surface area contributed by atoms with Crippen molar-refractivity contribution in [3.8, 4) is 0 Å². The van der Waals surface area contributed by atoms with Gasteiger partial charge in [-0.3, -0.25) is 0 Å². The molecular formula is C14H29ClN4O2S. The predicted molar refractivity (Wildman–Crippen MR) is 91.5 cm³/mol. The Bertz CT molecular complexity index is 557. The molecular weight excluding hydrogens is 324 g/mol.